The quantitative estimate of drug-likeness (QED) is 0.150. The summed E-state index contributed by atoms with van der Waals surface area (Å²) in [6.07, 6.45) is 2.91. The van der Waals surface area contributed by atoms with Crippen LogP contribution in [0.5, 0.6) is 0 Å². The minimum absolute atomic E-state index is 0.293. The average molecular weight is 554 g/mol. The zero-order chi connectivity index (χ0) is 27.8. The number of halogens is 4. The third kappa shape index (κ3) is 5.10. The van der Waals surface area contributed by atoms with E-state index in [-0.39, 0.29) is 5.56 Å². The molecule has 5 aromatic rings. The number of benzene rings is 2. The van der Waals surface area contributed by atoms with Crippen molar-refractivity contribution in [1.29, 1.82) is 0 Å². The van der Waals surface area contributed by atoms with Crippen molar-refractivity contribution in [3.8, 4) is 22.3 Å². The Kier molecular flexibility index (Phi) is 6.64. The normalized spacial score (nSPS) is 12.3. The molecule has 0 atom stereocenters. The number of sulfonamides is 1. The summed E-state index contributed by atoms with van der Waals surface area (Å²) in [5, 5.41) is 3.96. The van der Waals surface area contributed by atoms with Gasteiger partial charge in [0.25, 0.3) is 10.0 Å². The van der Waals surface area contributed by atoms with Gasteiger partial charge in [0.2, 0.25) is 0 Å². The lowest BCUT2D eigenvalue weighted by Crippen LogP contribution is -2.23. The van der Waals surface area contributed by atoms with E-state index in [2.05, 4.69) is 15.1 Å². The number of rotatable bonds is 6. The molecule has 0 bridgehead atoms. The number of pyridine rings is 2. The minimum atomic E-state index is -4.94. The van der Waals surface area contributed by atoms with Crippen LogP contribution in [0.1, 0.15) is 11.3 Å². The fourth-order valence-electron chi connectivity index (χ4n) is 3.99. The van der Waals surface area contributed by atoms with Gasteiger partial charge in [-0.3, -0.25) is 9.38 Å². The zero-order valence-corrected chi connectivity index (χ0v) is 21.0. The molecule has 3 aromatic heterocycles. The Labute approximate surface area is 220 Å². The van der Waals surface area contributed by atoms with E-state index in [0.29, 0.717) is 21.8 Å². The Morgan fingerprint density at radius 3 is 2.46 bits per heavy atom. The van der Waals surface area contributed by atoms with Gasteiger partial charge in [0.15, 0.2) is 0 Å². The second kappa shape index (κ2) is 9.95. The molecule has 0 aliphatic carbocycles. The molecule has 12 heteroatoms. The number of nitrogens with zero attached hydrogens (tertiary/aromatic N) is 5. The SMILES string of the molecule is CN(N=Cc1cnc2ccc(-c3cccnc3)cn12)S(=O)(=O)c1ccc(-c2ccccc2F)c(C(F)(F)F)c1. The minimum Gasteiger partial charge on any atom is -0.298 e. The number of fused-ring (bicyclic) bond motifs is 1. The smallest absolute Gasteiger partial charge is 0.298 e. The van der Waals surface area contributed by atoms with Crippen LogP contribution in [0.4, 0.5) is 17.6 Å². The van der Waals surface area contributed by atoms with E-state index < -0.39 is 38.0 Å². The molecule has 39 heavy (non-hydrogen) atoms. The van der Waals surface area contributed by atoms with E-state index in [1.165, 1.54) is 30.6 Å². The maximum absolute atomic E-state index is 14.3. The van der Waals surface area contributed by atoms with E-state index in [9.17, 15) is 26.0 Å². The van der Waals surface area contributed by atoms with Crippen LogP contribution < -0.4 is 0 Å². The molecule has 7 nitrogen and oxygen atoms in total. The van der Waals surface area contributed by atoms with Crippen LogP contribution in [0.15, 0.2) is 102 Å². The van der Waals surface area contributed by atoms with Gasteiger partial charge in [0.05, 0.1) is 28.6 Å². The van der Waals surface area contributed by atoms with Crippen LogP contribution >= 0.6 is 0 Å². The van der Waals surface area contributed by atoms with Crippen molar-refractivity contribution in [2.45, 2.75) is 11.1 Å². The Morgan fingerprint density at radius 1 is 0.949 bits per heavy atom. The fraction of sp³-hybridized carbons (Fsp3) is 0.0741. The first-order valence-electron chi connectivity index (χ1n) is 11.4. The van der Waals surface area contributed by atoms with Crippen LogP contribution in [0.3, 0.4) is 0 Å². The summed E-state index contributed by atoms with van der Waals surface area (Å²) in [6.45, 7) is 0. The molecule has 2 aromatic carbocycles. The molecule has 3 heterocycles. The van der Waals surface area contributed by atoms with Crippen molar-refractivity contribution >= 4 is 21.9 Å². The number of imidazole rings is 1. The second-order valence-corrected chi connectivity index (χ2v) is 10.4. The van der Waals surface area contributed by atoms with Gasteiger partial charge < -0.3 is 0 Å². The zero-order valence-electron chi connectivity index (χ0n) is 20.2. The lowest BCUT2D eigenvalue weighted by Gasteiger charge is -2.18. The van der Waals surface area contributed by atoms with Crippen LogP contribution in [0.25, 0.3) is 27.9 Å². The van der Waals surface area contributed by atoms with Crippen molar-refractivity contribution in [2.24, 2.45) is 5.10 Å². The number of hydrogen-bond donors (Lipinski definition) is 0. The molecule has 0 amide bonds. The van der Waals surface area contributed by atoms with Crippen molar-refractivity contribution in [1.82, 2.24) is 18.8 Å². The summed E-state index contributed by atoms with van der Waals surface area (Å²) >= 11 is 0. The topological polar surface area (TPSA) is 79.9 Å². The Hall–Kier alpha value is -4.58. The molecular formula is C27H19F4N5O2S. The van der Waals surface area contributed by atoms with E-state index in [0.717, 1.165) is 36.4 Å². The van der Waals surface area contributed by atoms with Crippen molar-refractivity contribution in [3.05, 3.63) is 109 Å². The highest BCUT2D eigenvalue weighted by Gasteiger charge is 2.36. The van der Waals surface area contributed by atoms with Crippen LogP contribution in [0, 0.1) is 5.82 Å². The molecule has 0 aliphatic heterocycles. The van der Waals surface area contributed by atoms with Crippen molar-refractivity contribution in [3.63, 3.8) is 0 Å². The average Bonchev–Trinajstić information content (AvgIpc) is 3.34. The van der Waals surface area contributed by atoms with Crippen LogP contribution in [-0.4, -0.2) is 40.5 Å². The van der Waals surface area contributed by atoms with Gasteiger partial charge in [-0.2, -0.15) is 31.1 Å². The first-order valence-corrected chi connectivity index (χ1v) is 12.9. The van der Waals surface area contributed by atoms with E-state index in [1.54, 1.807) is 35.1 Å². The number of alkyl halides is 3. The number of hydrogen-bond acceptors (Lipinski definition) is 5. The second-order valence-electron chi connectivity index (χ2n) is 8.44. The first kappa shape index (κ1) is 26.0. The van der Waals surface area contributed by atoms with E-state index in [4.69, 9.17) is 0 Å². The maximum Gasteiger partial charge on any atom is 0.417 e. The standard InChI is InChI=1S/C27H19F4N5O2S/c1-35(34-16-20-15-33-26-11-8-19(17-36(20)26)18-5-4-12-32-14-18)39(37,38)21-9-10-22(24(13-21)27(29,30)31)23-6-2-3-7-25(23)28/h2-17H,1H3. The lowest BCUT2D eigenvalue weighted by molar-refractivity contribution is -0.137. The predicted octanol–water partition coefficient (Wildman–Crippen LogP) is 5.88. The van der Waals surface area contributed by atoms with Crippen LogP contribution in [-0.2, 0) is 16.2 Å². The summed E-state index contributed by atoms with van der Waals surface area (Å²) in [7, 11) is -3.38. The third-order valence-electron chi connectivity index (χ3n) is 5.99. The first-order chi connectivity index (χ1) is 18.6. The Morgan fingerprint density at radius 2 is 1.74 bits per heavy atom. The van der Waals surface area contributed by atoms with Gasteiger partial charge in [-0.15, -0.1) is 0 Å². The summed E-state index contributed by atoms with van der Waals surface area (Å²) < 4.78 is 84.5. The Bertz CT molecular complexity index is 1800. The summed E-state index contributed by atoms with van der Waals surface area (Å²) in [5.74, 6) is -0.861. The molecule has 0 radical (unpaired) electrons. The molecule has 0 fully saturated rings. The molecule has 5 rings (SSSR count). The van der Waals surface area contributed by atoms with Gasteiger partial charge in [0.1, 0.15) is 11.5 Å². The molecular weight excluding hydrogens is 534 g/mol. The highest BCUT2D eigenvalue weighted by atomic mass is 32.2. The molecule has 0 spiro atoms. The Balaban J connectivity index is 1.48. The van der Waals surface area contributed by atoms with Gasteiger partial charge >= 0.3 is 6.18 Å². The summed E-state index contributed by atoms with van der Waals surface area (Å²) in [4.78, 5) is 7.72. The highest BCUT2D eigenvalue weighted by Crippen LogP contribution is 2.39. The van der Waals surface area contributed by atoms with Gasteiger partial charge in [0, 0.05) is 42.3 Å². The van der Waals surface area contributed by atoms with Gasteiger partial charge in [-0.1, -0.05) is 30.3 Å². The van der Waals surface area contributed by atoms with Gasteiger partial charge in [-0.25, -0.2) is 9.37 Å². The van der Waals surface area contributed by atoms with Crippen LogP contribution in [0.2, 0.25) is 0 Å². The third-order valence-corrected chi connectivity index (χ3v) is 7.63. The van der Waals surface area contributed by atoms with Gasteiger partial charge in [-0.05, 0) is 42.0 Å². The predicted molar refractivity (Wildman–Crippen MR) is 138 cm³/mol. The lowest BCUT2D eigenvalue weighted by atomic mass is 9.99. The van der Waals surface area contributed by atoms with E-state index in [1.807, 2.05) is 12.1 Å². The molecule has 0 saturated heterocycles. The molecule has 0 saturated carbocycles. The molecule has 198 valence electrons. The van der Waals surface area contributed by atoms with Crippen molar-refractivity contribution in [2.75, 3.05) is 7.05 Å². The summed E-state index contributed by atoms with van der Waals surface area (Å²) in [5.41, 5.74) is 0.653. The maximum atomic E-state index is 14.3. The highest BCUT2D eigenvalue weighted by molar-refractivity contribution is 7.89. The van der Waals surface area contributed by atoms with E-state index >= 15 is 0 Å². The summed E-state index contributed by atoms with van der Waals surface area (Å²) in [6, 6.07) is 14.7. The molecule has 0 N–H and O–H groups in total. The fourth-order valence-corrected chi connectivity index (χ4v) is 4.97. The van der Waals surface area contributed by atoms with Crippen molar-refractivity contribution < 1.29 is 26.0 Å². The largest absolute Gasteiger partial charge is 0.417 e. The molecule has 0 unspecified atom stereocenters. The molecule has 0 aliphatic rings. The number of hydrazone groups is 1. The number of aromatic nitrogens is 3. The monoisotopic (exact) mass is 553 g/mol.